The maximum atomic E-state index is 15.2. The van der Waals surface area contributed by atoms with Crippen molar-refractivity contribution in [1.29, 1.82) is 0 Å². The van der Waals surface area contributed by atoms with Gasteiger partial charge in [-0.1, -0.05) is 26.8 Å². The van der Waals surface area contributed by atoms with E-state index in [-0.39, 0.29) is 11.3 Å². The summed E-state index contributed by atoms with van der Waals surface area (Å²) in [7, 11) is -1.28. The number of nitrogens with one attached hydrogen (secondary N) is 1. The summed E-state index contributed by atoms with van der Waals surface area (Å²) >= 11 is 0. The van der Waals surface area contributed by atoms with Crippen LogP contribution in [-0.4, -0.2) is 33.1 Å². The lowest BCUT2D eigenvalue weighted by molar-refractivity contribution is 0.102. The Labute approximate surface area is 190 Å². The van der Waals surface area contributed by atoms with Crippen molar-refractivity contribution in [1.82, 2.24) is 4.98 Å². The third-order valence-electron chi connectivity index (χ3n) is 5.53. The van der Waals surface area contributed by atoms with Crippen molar-refractivity contribution in [3.63, 3.8) is 0 Å². The van der Waals surface area contributed by atoms with E-state index in [1.807, 2.05) is 27.7 Å². The minimum atomic E-state index is -1.28. The summed E-state index contributed by atoms with van der Waals surface area (Å²) in [5.41, 5.74) is 6.52. The molecule has 1 unspecified atom stereocenters. The standard InChI is InChI=1S/C23H30FN5O2S/c1-14-6-9-18(26-13-14)20(30)28-15-7-8-17(24)16(12-15)23(5,19-10-11-27-32(19)31)29-21(25)22(2,3)4/h6-9,12-13,19H,10-11H2,1-5H3,(H2,25,29)(H,27,31)(H,28,30)/t19-,23+,32?/m0/s1. The molecule has 3 rings (SSSR count). The minimum absolute atomic E-state index is 0.244. The molecule has 0 fully saturated rings. The summed E-state index contributed by atoms with van der Waals surface area (Å²) in [6.07, 6.45) is 2.16. The molecule has 0 radical (unpaired) electrons. The summed E-state index contributed by atoms with van der Waals surface area (Å²) in [6.45, 7) is 9.89. The molecule has 1 aromatic carbocycles. The Kier molecular flexibility index (Phi) is 6.80. The van der Waals surface area contributed by atoms with Crippen LogP contribution < -0.4 is 11.1 Å². The number of anilines is 1. The van der Waals surface area contributed by atoms with E-state index < -0.39 is 38.9 Å². The van der Waals surface area contributed by atoms with Crippen molar-refractivity contribution in [3.05, 3.63) is 59.2 Å². The molecule has 2 aromatic rings. The predicted octanol–water partition coefficient (Wildman–Crippen LogP) is 4.45. The summed E-state index contributed by atoms with van der Waals surface area (Å²) in [5, 5.41) is 2.34. The highest BCUT2D eigenvalue weighted by atomic mass is 32.2. The van der Waals surface area contributed by atoms with Gasteiger partial charge in [0.15, 0.2) is 0 Å². The molecular formula is C23H30FN5O2S. The zero-order valence-corrected chi connectivity index (χ0v) is 19.8. The Morgan fingerprint density at radius 2 is 2.00 bits per heavy atom. The highest BCUT2D eigenvalue weighted by Gasteiger charge is 2.43. The zero-order chi connectivity index (χ0) is 23.7. The summed E-state index contributed by atoms with van der Waals surface area (Å²) in [5.74, 6) is -0.547. The van der Waals surface area contributed by atoms with E-state index in [2.05, 4.69) is 14.7 Å². The van der Waals surface area contributed by atoms with Gasteiger partial charge in [0.05, 0.1) is 5.25 Å². The quantitative estimate of drug-likeness (QED) is 0.453. The fraction of sp³-hybridized carbons (Fsp3) is 0.435. The number of aryl methyl sites for hydroxylation is 1. The summed E-state index contributed by atoms with van der Waals surface area (Å²) in [6, 6.07) is 7.75. The Morgan fingerprint density at radius 3 is 2.56 bits per heavy atom. The second-order valence-corrected chi connectivity index (χ2v) is 10.6. The Hall–Kier alpha value is -2.65. The molecule has 1 aromatic heterocycles. The minimum Gasteiger partial charge on any atom is -0.387 e. The number of aliphatic imine (C=N–C) groups is 1. The van der Waals surface area contributed by atoms with Crippen LogP contribution in [0.4, 0.5) is 10.1 Å². The molecule has 9 heteroatoms. The third-order valence-corrected chi connectivity index (χ3v) is 7.18. The van der Waals surface area contributed by atoms with Crippen LogP contribution in [0, 0.1) is 18.2 Å². The van der Waals surface area contributed by atoms with Crippen LogP contribution in [-0.2, 0) is 16.5 Å². The Morgan fingerprint density at radius 1 is 1.28 bits per heavy atom. The van der Waals surface area contributed by atoms with Gasteiger partial charge in [-0.15, -0.1) is 0 Å². The van der Waals surface area contributed by atoms with Gasteiger partial charge in [-0.2, -0.15) is 0 Å². The van der Waals surface area contributed by atoms with E-state index in [1.54, 1.807) is 31.3 Å². The molecule has 0 bridgehead atoms. The number of amides is 1. The van der Waals surface area contributed by atoms with Crippen molar-refractivity contribution in [3.8, 4) is 0 Å². The van der Waals surface area contributed by atoms with E-state index in [0.29, 0.717) is 24.5 Å². The molecule has 3 atom stereocenters. The number of carbonyl (C=O) groups excluding carboxylic acids is 1. The molecule has 0 saturated carbocycles. The molecule has 7 nitrogen and oxygen atoms in total. The monoisotopic (exact) mass is 459 g/mol. The molecule has 0 spiro atoms. The van der Waals surface area contributed by atoms with E-state index in [4.69, 9.17) is 10.7 Å². The van der Waals surface area contributed by atoms with Gasteiger partial charge < -0.3 is 15.6 Å². The number of hydrogen-bond acceptors (Lipinski definition) is 4. The number of nitrogens with two attached hydrogens (primary N) is 1. The van der Waals surface area contributed by atoms with Crippen LogP contribution >= 0.6 is 0 Å². The van der Waals surface area contributed by atoms with Gasteiger partial charge >= 0.3 is 0 Å². The molecule has 4 N–H and O–H groups in total. The molecule has 2 heterocycles. The average Bonchev–Trinajstić information content (AvgIpc) is 3.15. The van der Waals surface area contributed by atoms with E-state index in [0.717, 1.165) is 5.56 Å². The zero-order valence-electron chi connectivity index (χ0n) is 19.0. The lowest BCUT2D eigenvalue weighted by Crippen LogP contribution is -2.41. The maximum Gasteiger partial charge on any atom is 0.274 e. The van der Waals surface area contributed by atoms with E-state index >= 15 is 4.39 Å². The van der Waals surface area contributed by atoms with Crippen LogP contribution in [0.1, 0.15) is 55.7 Å². The molecule has 32 heavy (non-hydrogen) atoms. The van der Waals surface area contributed by atoms with Gasteiger partial charge in [0.2, 0.25) is 0 Å². The largest absolute Gasteiger partial charge is 0.387 e. The van der Waals surface area contributed by atoms with Crippen LogP contribution in [0.2, 0.25) is 0 Å². The number of amidine groups is 1. The predicted molar refractivity (Wildman–Crippen MR) is 127 cm³/mol. The lowest BCUT2D eigenvalue weighted by atomic mass is 9.85. The molecular weight excluding hydrogens is 429 g/mol. The second kappa shape index (κ2) is 9.07. The first-order chi connectivity index (χ1) is 14.9. The van der Waals surface area contributed by atoms with Crippen LogP contribution in [0.15, 0.2) is 45.9 Å². The first kappa shape index (κ1) is 24.0. The fourth-order valence-corrected chi connectivity index (χ4v) is 4.84. The third kappa shape index (κ3) is 5.05. The molecule has 0 saturated heterocycles. The Bertz CT molecular complexity index is 1080. The number of pyridine rings is 1. The van der Waals surface area contributed by atoms with Gasteiger partial charge in [-0.25, -0.2) is 8.75 Å². The number of hydrogen-bond donors (Lipinski definition) is 3. The van der Waals surface area contributed by atoms with Crippen molar-refractivity contribution >= 4 is 28.4 Å². The fourth-order valence-electron chi connectivity index (χ4n) is 3.46. The molecule has 172 valence electrons. The van der Waals surface area contributed by atoms with Crippen molar-refractivity contribution in [2.24, 2.45) is 20.5 Å². The second-order valence-electron chi connectivity index (χ2n) is 9.19. The smallest absolute Gasteiger partial charge is 0.274 e. The highest BCUT2D eigenvalue weighted by molar-refractivity contribution is 7.82. The summed E-state index contributed by atoms with van der Waals surface area (Å²) < 4.78 is 29.9. The number of halogens is 1. The first-order valence-electron chi connectivity index (χ1n) is 10.4. The lowest BCUT2D eigenvalue weighted by Gasteiger charge is -2.34. The van der Waals surface area contributed by atoms with E-state index in [9.17, 15) is 9.35 Å². The van der Waals surface area contributed by atoms with Crippen molar-refractivity contribution < 1.29 is 13.7 Å². The van der Waals surface area contributed by atoms with E-state index in [1.165, 1.54) is 12.1 Å². The van der Waals surface area contributed by atoms with Crippen molar-refractivity contribution in [2.45, 2.75) is 51.8 Å². The van der Waals surface area contributed by atoms with Crippen molar-refractivity contribution in [2.75, 3.05) is 11.9 Å². The number of nitrogens with zero attached hydrogens (tertiary/aromatic N) is 3. The molecule has 1 aliphatic heterocycles. The number of rotatable bonds is 5. The maximum absolute atomic E-state index is 15.2. The summed E-state index contributed by atoms with van der Waals surface area (Å²) in [4.78, 5) is 21.5. The Balaban J connectivity index is 2.04. The molecule has 1 amide bonds. The van der Waals surface area contributed by atoms with Crippen LogP contribution in [0.3, 0.4) is 0 Å². The SMILES string of the molecule is Cc1ccc(C(=O)Nc2ccc(F)c([C@@](C)(/N=C(/N)C(C)(C)C)[C@@H]3CCN=S3O)c2)nc1. The topological polar surface area (TPSA) is 113 Å². The normalized spacial score (nSPS) is 21.0. The van der Waals surface area contributed by atoms with Gasteiger partial charge in [0, 0.05) is 40.4 Å². The van der Waals surface area contributed by atoms with Crippen LogP contribution in [0.25, 0.3) is 0 Å². The number of aromatic nitrogens is 1. The van der Waals surface area contributed by atoms with Crippen LogP contribution in [0.5, 0.6) is 0 Å². The first-order valence-corrected chi connectivity index (χ1v) is 11.6. The molecule has 1 aliphatic rings. The van der Waals surface area contributed by atoms with Gasteiger partial charge in [0.1, 0.15) is 22.9 Å². The highest BCUT2D eigenvalue weighted by Crippen LogP contribution is 2.40. The average molecular weight is 460 g/mol. The van der Waals surface area contributed by atoms with Gasteiger partial charge in [-0.3, -0.25) is 14.8 Å². The molecule has 0 aliphatic carbocycles. The van der Waals surface area contributed by atoms with Gasteiger partial charge in [-0.05, 0) is 50.1 Å². The number of benzene rings is 1. The van der Waals surface area contributed by atoms with Gasteiger partial charge in [0.25, 0.3) is 5.91 Å². The number of carbonyl (C=O) groups is 1.